The zero-order valence-corrected chi connectivity index (χ0v) is 10.7. The van der Waals surface area contributed by atoms with Crippen LogP contribution in [0.3, 0.4) is 0 Å². The summed E-state index contributed by atoms with van der Waals surface area (Å²) < 4.78 is 0. The summed E-state index contributed by atoms with van der Waals surface area (Å²) in [6.07, 6.45) is 10.3. The van der Waals surface area contributed by atoms with Gasteiger partial charge in [-0.25, -0.2) is 0 Å². The lowest BCUT2D eigenvalue weighted by atomic mass is 9.62. The highest BCUT2D eigenvalue weighted by Crippen LogP contribution is 2.48. The van der Waals surface area contributed by atoms with Gasteiger partial charge in [0.25, 0.3) is 0 Å². The van der Waals surface area contributed by atoms with Crippen LogP contribution in [-0.2, 0) is 4.79 Å². The Bertz CT molecular complexity index is 279. The summed E-state index contributed by atoms with van der Waals surface area (Å²) in [5, 5.41) is 9.06. The molecule has 17 heavy (non-hydrogen) atoms. The molecule has 3 N–H and O–H groups in total. The van der Waals surface area contributed by atoms with Gasteiger partial charge in [0.1, 0.15) is 0 Å². The van der Waals surface area contributed by atoms with E-state index in [2.05, 4.69) is 0 Å². The smallest absolute Gasteiger partial charge is 0.303 e. The van der Waals surface area contributed by atoms with E-state index in [1.165, 1.54) is 38.5 Å². The average molecular weight is 239 g/mol. The third-order valence-electron chi connectivity index (χ3n) is 5.02. The number of aliphatic carboxylic acids is 1. The molecule has 98 valence electrons. The monoisotopic (exact) mass is 239 g/mol. The zero-order valence-electron chi connectivity index (χ0n) is 10.7. The van der Waals surface area contributed by atoms with E-state index in [0.29, 0.717) is 6.54 Å². The normalized spacial score (nSPS) is 38.2. The number of hydrogen-bond donors (Lipinski definition) is 2. The molecule has 0 aromatic rings. The highest BCUT2D eigenvalue weighted by Gasteiger charge is 2.41. The molecule has 0 unspecified atom stereocenters. The molecule has 2 fully saturated rings. The van der Waals surface area contributed by atoms with Gasteiger partial charge in [-0.3, -0.25) is 4.79 Å². The van der Waals surface area contributed by atoms with Crippen LogP contribution in [0.2, 0.25) is 0 Å². The predicted octanol–water partition coefficient (Wildman–Crippen LogP) is 2.79. The Balaban J connectivity index is 2.04. The number of carbonyl (C=O) groups is 1. The summed E-state index contributed by atoms with van der Waals surface area (Å²) in [5.41, 5.74) is 5.78. The molecule has 2 aliphatic rings. The average Bonchev–Trinajstić information content (AvgIpc) is 2.52. The first-order chi connectivity index (χ1) is 8.15. The van der Waals surface area contributed by atoms with Crippen LogP contribution in [0, 0.1) is 17.3 Å². The highest BCUT2D eigenvalue weighted by atomic mass is 16.4. The molecule has 0 radical (unpaired) electrons. The van der Waals surface area contributed by atoms with Crippen LogP contribution >= 0.6 is 0 Å². The van der Waals surface area contributed by atoms with Crippen LogP contribution in [0.15, 0.2) is 0 Å². The van der Waals surface area contributed by atoms with Crippen molar-refractivity contribution in [1.29, 1.82) is 0 Å². The Hall–Kier alpha value is -0.570. The van der Waals surface area contributed by atoms with Gasteiger partial charge in [0, 0.05) is 0 Å². The standard InChI is InChI=1S/C14H25NO2/c15-10-14(9-13(16)17)7-6-11-4-2-1-3-5-12(11)8-14/h11-12H,1-10,15H2,(H,16,17)/t11-,12+,14-/m0/s1. The molecular weight excluding hydrogens is 214 g/mol. The van der Waals surface area contributed by atoms with Crippen LogP contribution in [0.25, 0.3) is 0 Å². The lowest BCUT2D eigenvalue weighted by Crippen LogP contribution is -2.40. The Kier molecular flexibility index (Phi) is 4.08. The van der Waals surface area contributed by atoms with Crippen molar-refractivity contribution >= 4 is 5.97 Å². The molecule has 2 aliphatic carbocycles. The van der Waals surface area contributed by atoms with Crippen LogP contribution < -0.4 is 5.73 Å². The number of carboxylic acid groups (broad SMARTS) is 1. The molecule has 0 aliphatic heterocycles. The Morgan fingerprint density at radius 3 is 2.53 bits per heavy atom. The third-order valence-corrected chi connectivity index (χ3v) is 5.02. The molecule has 2 rings (SSSR count). The van der Waals surface area contributed by atoms with E-state index in [9.17, 15) is 4.79 Å². The topological polar surface area (TPSA) is 63.3 Å². The molecule has 0 saturated heterocycles. The van der Waals surface area contributed by atoms with Gasteiger partial charge in [-0.15, -0.1) is 0 Å². The van der Waals surface area contributed by atoms with Crippen molar-refractivity contribution in [2.24, 2.45) is 23.0 Å². The van der Waals surface area contributed by atoms with E-state index in [0.717, 1.165) is 24.7 Å². The first-order valence-electron chi connectivity index (χ1n) is 7.07. The van der Waals surface area contributed by atoms with E-state index in [1.807, 2.05) is 0 Å². The zero-order chi connectivity index (χ0) is 12.3. The van der Waals surface area contributed by atoms with E-state index < -0.39 is 5.97 Å². The van der Waals surface area contributed by atoms with Crippen LogP contribution in [0.4, 0.5) is 0 Å². The number of hydrogen-bond acceptors (Lipinski definition) is 2. The SMILES string of the molecule is NC[C@@]1(CC(=O)O)CC[C@@H]2CCCCC[C@@H]2C1. The minimum atomic E-state index is -0.678. The van der Waals surface area contributed by atoms with E-state index in [4.69, 9.17) is 10.8 Å². The van der Waals surface area contributed by atoms with Crippen LogP contribution in [0.1, 0.15) is 57.8 Å². The lowest BCUT2D eigenvalue weighted by molar-refractivity contribution is -0.140. The van der Waals surface area contributed by atoms with Gasteiger partial charge in [0.2, 0.25) is 0 Å². The number of rotatable bonds is 3. The van der Waals surface area contributed by atoms with Gasteiger partial charge in [-0.05, 0) is 43.1 Å². The van der Waals surface area contributed by atoms with Gasteiger partial charge < -0.3 is 10.8 Å². The molecule has 2 saturated carbocycles. The molecular formula is C14H25NO2. The number of fused-ring (bicyclic) bond motifs is 1. The van der Waals surface area contributed by atoms with Crippen molar-refractivity contribution in [3.05, 3.63) is 0 Å². The van der Waals surface area contributed by atoms with Gasteiger partial charge in [-0.1, -0.05) is 32.1 Å². The van der Waals surface area contributed by atoms with Crippen LogP contribution in [-0.4, -0.2) is 17.6 Å². The minimum absolute atomic E-state index is 0.0999. The maximum absolute atomic E-state index is 11.0. The van der Waals surface area contributed by atoms with Crippen molar-refractivity contribution < 1.29 is 9.90 Å². The largest absolute Gasteiger partial charge is 0.481 e. The summed E-state index contributed by atoms with van der Waals surface area (Å²) in [6, 6.07) is 0. The Labute approximate surface area is 104 Å². The molecule has 0 heterocycles. The van der Waals surface area contributed by atoms with Gasteiger partial charge in [0.05, 0.1) is 6.42 Å². The fraction of sp³-hybridized carbons (Fsp3) is 0.929. The molecule has 0 aromatic heterocycles. The third kappa shape index (κ3) is 3.01. The van der Waals surface area contributed by atoms with Crippen molar-refractivity contribution in [3.63, 3.8) is 0 Å². The van der Waals surface area contributed by atoms with Crippen molar-refractivity contribution in [2.45, 2.75) is 57.8 Å². The fourth-order valence-corrected chi connectivity index (χ4v) is 4.00. The van der Waals surface area contributed by atoms with Gasteiger partial charge >= 0.3 is 5.97 Å². The predicted molar refractivity (Wildman–Crippen MR) is 67.7 cm³/mol. The highest BCUT2D eigenvalue weighted by molar-refractivity contribution is 5.67. The van der Waals surface area contributed by atoms with Crippen molar-refractivity contribution in [1.82, 2.24) is 0 Å². The quantitative estimate of drug-likeness (QED) is 0.796. The minimum Gasteiger partial charge on any atom is -0.481 e. The Morgan fingerprint density at radius 2 is 1.88 bits per heavy atom. The number of nitrogens with two attached hydrogens (primary N) is 1. The number of carboxylic acids is 1. The van der Waals surface area contributed by atoms with Crippen molar-refractivity contribution in [3.8, 4) is 0 Å². The second-order valence-electron chi connectivity index (χ2n) is 6.18. The van der Waals surface area contributed by atoms with Crippen molar-refractivity contribution in [2.75, 3.05) is 6.54 Å². The summed E-state index contributed by atoms with van der Waals surface area (Å²) >= 11 is 0. The summed E-state index contributed by atoms with van der Waals surface area (Å²) in [5.74, 6) is 0.919. The van der Waals surface area contributed by atoms with E-state index >= 15 is 0 Å². The first-order valence-corrected chi connectivity index (χ1v) is 7.07. The Morgan fingerprint density at radius 1 is 1.18 bits per heavy atom. The van der Waals surface area contributed by atoms with Gasteiger partial charge in [0.15, 0.2) is 0 Å². The molecule has 0 spiro atoms. The molecule has 3 nitrogen and oxygen atoms in total. The molecule has 0 aromatic carbocycles. The molecule has 3 atom stereocenters. The molecule has 3 heteroatoms. The molecule has 0 bridgehead atoms. The summed E-state index contributed by atoms with van der Waals surface area (Å²) in [4.78, 5) is 11.0. The first kappa shape index (κ1) is 12.9. The lowest BCUT2D eigenvalue weighted by Gasteiger charge is -2.43. The fourth-order valence-electron chi connectivity index (χ4n) is 4.00. The van der Waals surface area contributed by atoms with E-state index in [-0.39, 0.29) is 11.8 Å². The second kappa shape index (κ2) is 5.38. The van der Waals surface area contributed by atoms with Gasteiger partial charge in [-0.2, -0.15) is 0 Å². The maximum atomic E-state index is 11.0. The van der Waals surface area contributed by atoms with Crippen LogP contribution in [0.5, 0.6) is 0 Å². The van der Waals surface area contributed by atoms with E-state index in [1.54, 1.807) is 0 Å². The molecule has 0 amide bonds. The maximum Gasteiger partial charge on any atom is 0.303 e. The summed E-state index contributed by atoms with van der Waals surface area (Å²) in [7, 11) is 0. The second-order valence-corrected chi connectivity index (χ2v) is 6.18. The summed E-state index contributed by atoms with van der Waals surface area (Å²) in [6.45, 7) is 0.544.